The smallest absolute Gasteiger partial charge is 0.302 e. The average Bonchev–Trinajstić information content (AvgIpc) is 1.86. The molecule has 2 N–H and O–H groups in total. The van der Waals surface area contributed by atoms with Crippen LogP contribution < -0.4 is 0 Å². The Bertz CT molecular complexity index is 77.4. The van der Waals surface area contributed by atoms with Gasteiger partial charge in [0.1, 0.15) is 0 Å². The molecule has 10 heavy (non-hydrogen) atoms. The Kier molecular flexibility index (Phi) is 5.91. The third-order valence-electron chi connectivity index (χ3n) is 1.37. The summed E-state index contributed by atoms with van der Waals surface area (Å²) in [5.74, 6) is 0. The van der Waals surface area contributed by atoms with Gasteiger partial charge in [0.05, 0.1) is 6.10 Å². The number of rotatable bonds is 5. The molecule has 0 spiro atoms. The van der Waals surface area contributed by atoms with E-state index in [0.29, 0.717) is 6.42 Å². The van der Waals surface area contributed by atoms with Crippen molar-refractivity contribution in [3.8, 4) is 0 Å². The highest BCUT2D eigenvalue weighted by Crippen LogP contribution is 2.05. The Balaban J connectivity index is 3.39. The summed E-state index contributed by atoms with van der Waals surface area (Å²) >= 11 is 0. The molecular formula is C6H16O3Si. The molecule has 62 valence electrons. The zero-order valence-electron chi connectivity index (χ0n) is 6.58. The molecule has 0 aromatic carbocycles. The number of hydrogen-bond donors (Lipinski definition) is 2. The molecule has 4 heteroatoms. The maximum Gasteiger partial charge on any atom is 0.302 e. The van der Waals surface area contributed by atoms with Crippen LogP contribution in [0.15, 0.2) is 0 Å². The van der Waals surface area contributed by atoms with Crippen LogP contribution in [0, 0.1) is 0 Å². The fraction of sp³-hybridized carbons (Fsp3) is 1.00. The van der Waals surface area contributed by atoms with E-state index in [9.17, 15) is 0 Å². The quantitative estimate of drug-likeness (QED) is 0.541. The van der Waals surface area contributed by atoms with Crippen LogP contribution in [0.4, 0.5) is 0 Å². The van der Waals surface area contributed by atoms with Crippen molar-refractivity contribution in [2.45, 2.75) is 38.9 Å². The lowest BCUT2D eigenvalue weighted by Gasteiger charge is -2.15. The average molecular weight is 164 g/mol. The van der Waals surface area contributed by atoms with Gasteiger partial charge in [-0.3, -0.25) is 0 Å². The topological polar surface area (TPSA) is 49.7 Å². The Morgan fingerprint density at radius 1 is 1.60 bits per heavy atom. The SMILES string of the molecule is CCC(CC(C)O)O[SiH2]O. The highest BCUT2D eigenvalue weighted by atomic mass is 28.2. The fourth-order valence-corrected chi connectivity index (χ4v) is 1.42. The normalized spacial score (nSPS) is 18.0. The molecule has 0 aromatic heterocycles. The highest BCUT2D eigenvalue weighted by Gasteiger charge is 2.08. The van der Waals surface area contributed by atoms with Crippen LogP contribution in [-0.2, 0) is 4.43 Å². The van der Waals surface area contributed by atoms with Crippen LogP contribution in [0.5, 0.6) is 0 Å². The predicted molar refractivity (Wildman–Crippen MR) is 42.2 cm³/mol. The van der Waals surface area contributed by atoms with Gasteiger partial charge in [0, 0.05) is 6.10 Å². The summed E-state index contributed by atoms with van der Waals surface area (Å²) in [6, 6.07) is 0. The van der Waals surface area contributed by atoms with E-state index in [4.69, 9.17) is 14.3 Å². The lowest BCUT2D eigenvalue weighted by Crippen LogP contribution is -2.19. The minimum Gasteiger partial charge on any atom is -0.415 e. The Hall–Kier alpha value is 0.0969. The summed E-state index contributed by atoms with van der Waals surface area (Å²) in [4.78, 5) is 8.52. The second-order valence-electron chi connectivity index (χ2n) is 2.41. The standard InChI is InChI=1S/C6H16O3Si/c1-3-6(9-10-8)4-5(2)7/h5-8H,3-4,10H2,1-2H3. The van der Waals surface area contributed by atoms with Gasteiger partial charge in [-0.05, 0) is 19.8 Å². The van der Waals surface area contributed by atoms with Crippen LogP contribution >= 0.6 is 0 Å². The Labute approximate surface area is 64.1 Å². The molecule has 0 saturated carbocycles. The van der Waals surface area contributed by atoms with Crippen LogP contribution in [0.3, 0.4) is 0 Å². The number of aliphatic hydroxyl groups excluding tert-OH is 1. The third-order valence-corrected chi connectivity index (χ3v) is 1.99. The second-order valence-corrected chi connectivity index (χ2v) is 3.00. The predicted octanol–water partition coefficient (Wildman–Crippen LogP) is -0.456. The molecule has 0 fully saturated rings. The Morgan fingerprint density at radius 2 is 2.20 bits per heavy atom. The minimum absolute atomic E-state index is 0.0525. The molecule has 0 aliphatic rings. The van der Waals surface area contributed by atoms with Gasteiger partial charge in [0.15, 0.2) is 0 Å². The first kappa shape index (κ1) is 10.1. The maximum atomic E-state index is 8.93. The van der Waals surface area contributed by atoms with Crippen molar-refractivity contribution in [3.63, 3.8) is 0 Å². The van der Waals surface area contributed by atoms with Crippen molar-refractivity contribution >= 4 is 10.0 Å². The van der Waals surface area contributed by atoms with E-state index < -0.39 is 10.0 Å². The summed E-state index contributed by atoms with van der Waals surface area (Å²) in [5.41, 5.74) is 0. The molecule has 0 bridgehead atoms. The summed E-state index contributed by atoms with van der Waals surface area (Å²) in [6.07, 6.45) is 1.21. The second kappa shape index (κ2) is 5.85. The first-order valence-corrected chi connectivity index (χ1v) is 4.82. The zero-order chi connectivity index (χ0) is 7.98. The van der Waals surface area contributed by atoms with Crippen LogP contribution in [0.1, 0.15) is 26.7 Å². The monoisotopic (exact) mass is 164 g/mol. The highest BCUT2D eigenvalue weighted by molar-refractivity contribution is 6.15. The maximum absolute atomic E-state index is 8.93. The summed E-state index contributed by atoms with van der Waals surface area (Å²) in [5, 5.41) is 8.93. The lowest BCUT2D eigenvalue weighted by molar-refractivity contribution is 0.0964. The fourth-order valence-electron chi connectivity index (χ4n) is 0.838. The minimum atomic E-state index is -1.30. The largest absolute Gasteiger partial charge is 0.415 e. The van der Waals surface area contributed by atoms with E-state index >= 15 is 0 Å². The molecule has 3 nitrogen and oxygen atoms in total. The lowest BCUT2D eigenvalue weighted by atomic mass is 10.1. The van der Waals surface area contributed by atoms with Gasteiger partial charge in [0.2, 0.25) is 0 Å². The first-order valence-electron chi connectivity index (χ1n) is 3.61. The molecule has 2 unspecified atom stereocenters. The van der Waals surface area contributed by atoms with E-state index in [1.807, 2.05) is 6.92 Å². The molecule has 0 heterocycles. The molecule has 0 amide bonds. The molecule has 0 radical (unpaired) electrons. The number of aliphatic hydroxyl groups is 1. The van der Waals surface area contributed by atoms with E-state index in [1.54, 1.807) is 6.92 Å². The van der Waals surface area contributed by atoms with E-state index in [-0.39, 0.29) is 12.2 Å². The summed E-state index contributed by atoms with van der Waals surface area (Å²) in [7, 11) is -1.30. The van der Waals surface area contributed by atoms with Crippen molar-refractivity contribution < 1.29 is 14.3 Å². The van der Waals surface area contributed by atoms with Gasteiger partial charge in [-0.2, -0.15) is 0 Å². The van der Waals surface area contributed by atoms with Crippen LogP contribution in [0.2, 0.25) is 0 Å². The first-order chi connectivity index (χ1) is 4.70. The molecule has 2 atom stereocenters. The molecule has 0 aromatic rings. The Morgan fingerprint density at radius 3 is 2.50 bits per heavy atom. The van der Waals surface area contributed by atoms with Crippen molar-refractivity contribution in [2.75, 3.05) is 0 Å². The van der Waals surface area contributed by atoms with E-state index in [1.165, 1.54) is 0 Å². The molecule has 0 rings (SSSR count). The molecule has 0 aliphatic carbocycles. The summed E-state index contributed by atoms with van der Waals surface area (Å²) in [6.45, 7) is 3.71. The van der Waals surface area contributed by atoms with Gasteiger partial charge in [-0.15, -0.1) is 0 Å². The molecular weight excluding hydrogens is 148 g/mol. The molecule has 0 aliphatic heterocycles. The molecule has 0 saturated heterocycles. The number of hydrogen-bond acceptors (Lipinski definition) is 3. The van der Waals surface area contributed by atoms with Gasteiger partial charge < -0.3 is 14.3 Å². The van der Waals surface area contributed by atoms with Gasteiger partial charge in [-0.1, -0.05) is 6.92 Å². The zero-order valence-corrected chi connectivity index (χ0v) is 7.99. The van der Waals surface area contributed by atoms with Crippen molar-refractivity contribution in [1.29, 1.82) is 0 Å². The van der Waals surface area contributed by atoms with Gasteiger partial charge in [0.25, 0.3) is 0 Å². The van der Waals surface area contributed by atoms with E-state index in [2.05, 4.69) is 0 Å². The van der Waals surface area contributed by atoms with Gasteiger partial charge in [-0.25, -0.2) is 0 Å². The van der Waals surface area contributed by atoms with Crippen molar-refractivity contribution in [1.82, 2.24) is 0 Å². The van der Waals surface area contributed by atoms with Crippen LogP contribution in [-0.4, -0.2) is 32.1 Å². The third kappa shape index (κ3) is 4.93. The summed E-state index contributed by atoms with van der Waals surface area (Å²) < 4.78 is 5.04. The van der Waals surface area contributed by atoms with Crippen LogP contribution in [0.25, 0.3) is 0 Å². The van der Waals surface area contributed by atoms with Crippen molar-refractivity contribution in [2.24, 2.45) is 0 Å². The van der Waals surface area contributed by atoms with Gasteiger partial charge >= 0.3 is 10.0 Å². The van der Waals surface area contributed by atoms with E-state index in [0.717, 1.165) is 6.42 Å². The van der Waals surface area contributed by atoms with Crippen molar-refractivity contribution in [3.05, 3.63) is 0 Å².